The maximum atomic E-state index is 12.2. The van der Waals surface area contributed by atoms with Crippen LogP contribution in [0.1, 0.15) is 5.56 Å². The molecule has 0 heterocycles. The summed E-state index contributed by atoms with van der Waals surface area (Å²) in [4.78, 5) is 0. The molecule has 6 heteroatoms. The first-order valence-electron chi connectivity index (χ1n) is 3.21. The van der Waals surface area contributed by atoms with Gasteiger partial charge in [0.25, 0.3) is 0 Å². The van der Waals surface area contributed by atoms with Gasteiger partial charge in [0.2, 0.25) is 0 Å². The van der Waals surface area contributed by atoms with Gasteiger partial charge in [-0.2, -0.15) is 0 Å². The fourth-order valence-electron chi connectivity index (χ4n) is 0.843. The third kappa shape index (κ3) is 6.29. The quantitative estimate of drug-likeness (QED) is 0.604. The number of hydrogen-bond donors (Lipinski definition) is 1. The van der Waals surface area contributed by atoms with Gasteiger partial charge in [-0.05, 0) is 5.56 Å². The van der Waals surface area contributed by atoms with Crippen LogP contribution in [0.4, 0.5) is 7.77 Å². The predicted molar refractivity (Wildman–Crippen MR) is 50.3 cm³/mol. The Kier molecular flexibility index (Phi) is 4.21. The number of halogens is 2. The second-order valence-corrected chi connectivity index (χ2v) is 4.50. The first-order valence-corrected chi connectivity index (χ1v) is 5.10. The summed E-state index contributed by atoms with van der Waals surface area (Å²) in [5.41, 5.74) is 0.155. The zero-order valence-electron chi connectivity index (χ0n) is 6.11. The van der Waals surface area contributed by atoms with E-state index in [2.05, 4.69) is 0 Å². The van der Waals surface area contributed by atoms with Gasteiger partial charge in [-0.25, -0.2) is 0 Å². The van der Waals surface area contributed by atoms with Crippen LogP contribution in [-0.4, -0.2) is 38.3 Å². The summed E-state index contributed by atoms with van der Waals surface area (Å²) in [7, 11) is -6.37. The summed E-state index contributed by atoms with van der Waals surface area (Å²) >= 11 is 0. The van der Waals surface area contributed by atoms with Crippen LogP contribution >= 0.6 is 0 Å². The van der Waals surface area contributed by atoms with Crippen LogP contribution in [0, 0.1) is 0 Å². The summed E-state index contributed by atoms with van der Waals surface area (Å²) in [6.45, 7) is 0. The molecule has 0 radical (unpaired) electrons. The average Bonchev–Trinajstić information content (AvgIpc) is 1.83. The first-order chi connectivity index (χ1) is 5.33. The van der Waals surface area contributed by atoms with Gasteiger partial charge in [-0.15, -0.1) is 4.21 Å². The molecule has 0 saturated heterocycles. The molecule has 0 fully saturated rings. The Morgan fingerprint density at radius 2 is 1.69 bits per heavy atom. The Morgan fingerprint density at radius 3 is 2.08 bits per heavy atom. The van der Waals surface area contributed by atoms with Crippen LogP contribution in [-0.2, 0) is 15.9 Å². The molecule has 1 aromatic rings. The van der Waals surface area contributed by atoms with Gasteiger partial charge in [0.1, 0.15) is 5.75 Å². The Balaban J connectivity index is 0.00000144. The van der Waals surface area contributed by atoms with Crippen LogP contribution in [0.3, 0.4) is 0 Å². The van der Waals surface area contributed by atoms with Gasteiger partial charge in [0.05, 0.1) is 10.1 Å². The molecule has 70 valence electrons. The standard InChI is InChI=1S/C7H8F2O2S.Na.H/c8-12(9,10,11)6-7-4-2-1-3-5-7;;/h1-5H,6H2,(H,10,11);;. The van der Waals surface area contributed by atoms with Gasteiger partial charge >= 0.3 is 29.6 Å². The van der Waals surface area contributed by atoms with E-state index >= 15 is 0 Å². The van der Waals surface area contributed by atoms with Crippen LogP contribution in [0.25, 0.3) is 0 Å². The summed E-state index contributed by atoms with van der Waals surface area (Å²) in [6, 6.07) is 7.47. The van der Waals surface area contributed by atoms with Gasteiger partial charge in [0, 0.05) is 0 Å². The van der Waals surface area contributed by atoms with Crippen molar-refractivity contribution in [3.05, 3.63) is 35.9 Å². The summed E-state index contributed by atoms with van der Waals surface area (Å²) in [6.07, 6.45) is 0. The van der Waals surface area contributed by atoms with Crippen LogP contribution in [0.15, 0.2) is 30.3 Å². The fourth-order valence-corrected chi connectivity index (χ4v) is 1.57. The van der Waals surface area contributed by atoms with E-state index in [4.69, 9.17) is 4.55 Å². The Bertz CT molecular complexity index is 325. The average molecular weight is 218 g/mol. The Hall–Kier alpha value is 0.190. The van der Waals surface area contributed by atoms with Crippen molar-refractivity contribution in [3.63, 3.8) is 0 Å². The predicted octanol–water partition coefficient (Wildman–Crippen LogP) is 1.60. The van der Waals surface area contributed by atoms with Gasteiger partial charge < -0.3 is 0 Å². The number of hydrogen-bond acceptors (Lipinski definition) is 1. The van der Waals surface area contributed by atoms with Crippen molar-refractivity contribution in [2.75, 3.05) is 0 Å². The van der Waals surface area contributed by atoms with E-state index in [1.807, 2.05) is 0 Å². The summed E-state index contributed by atoms with van der Waals surface area (Å²) < 4.78 is 42.7. The zero-order valence-corrected chi connectivity index (χ0v) is 6.93. The van der Waals surface area contributed by atoms with Crippen molar-refractivity contribution in [3.8, 4) is 0 Å². The molecule has 13 heavy (non-hydrogen) atoms. The van der Waals surface area contributed by atoms with E-state index in [1.54, 1.807) is 6.07 Å². The molecule has 0 aliphatic carbocycles. The molecule has 1 aromatic carbocycles. The summed E-state index contributed by atoms with van der Waals surface area (Å²) in [5.74, 6) is -1.10. The van der Waals surface area contributed by atoms with Gasteiger partial charge in [0.15, 0.2) is 0 Å². The van der Waals surface area contributed by atoms with Crippen molar-refractivity contribution >= 4 is 39.7 Å². The fraction of sp³-hybridized carbons (Fsp3) is 0.143. The molecule has 0 unspecified atom stereocenters. The molecular weight excluding hydrogens is 209 g/mol. The summed E-state index contributed by atoms with van der Waals surface area (Å²) in [5, 5.41) is 0. The van der Waals surface area contributed by atoms with E-state index < -0.39 is 15.9 Å². The molecular formula is C7H9F2NaO2S. The minimum absolute atomic E-state index is 0. The third-order valence-electron chi connectivity index (χ3n) is 1.24. The molecule has 0 saturated carbocycles. The van der Waals surface area contributed by atoms with Crippen molar-refractivity contribution in [1.29, 1.82) is 0 Å². The van der Waals surface area contributed by atoms with Gasteiger partial charge in [-0.1, -0.05) is 38.1 Å². The molecule has 0 aliphatic rings. The SMILES string of the molecule is O=S(O)(F)(F)Cc1ccccc1.[NaH]. The molecule has 1 N–H and O–H groups in total. The molecule has 1 rings (SSSR count). The van der Waals surface area contributed by atoms with Gasteiger partial charge in [-0.3, -0.25) is 4.55 Å². The van der Waals surface area contributed by atoms with Crippen LogP contribution in [0.2, 0.25) is 0 Å². The van der Waals surface area contributed by atoms with E-state index in [9.17, 15) is 12.0 Å². The maximum absolute atomic E-state index is 12.2. The Labute approximate surface area is 97.4 Å². The van der Waals surface area contributed by atoms with E-state index in [0.29, 0.717) is 0 Å². The molecule has 2 nitrogen and oxygen atoms in total. The molecule has 0 bridgehead atoms. The molecule has 0 amide bonds. The minimum atomic E-state index is -6.37. The third-order valence-corrected chi connectivity index (χ3v) is 2.04. The monoisotopic (exact) mass is 218 g/mol. The molecule has 0 aromatic heterocycles. The molecule has 0 spiro atoms. The second kappa shape index (κ2) is 4.14. The molecule has 0 atom stereocenters. The number of rotatable bonds is 2. The van der Waals surface area contributed by atoms with Crippen LogP contribution in [0.5, 0.6) is 0 Å². The molecule has 0 aliphatic heterocycles. The number of benzene rings is 1. The van der Waals surface area contributed by atoms with Crippen molar-refractivity contribution < 1.29 is 16.5 Å². The van der Waals surface area contributed by atoms with Crippen molar-refractivity contribution in [1.82, 2.24) is 0 Å². The topological polar surface area (TPSA) is 37.3 Å². The normalized spacial score (nSPS) is 13.9. The van der Waals surface area contributed by atoms with E-state index in [1.165, 1.54) is 24.3 Å². The van der Waals surface area contributed by atoms with E-state index in [0.717, 1.165) is 0 Å². The van der Waals surface area contributed by atoms with E-state index in [-0.39, 0.29) is 35.1 Å². The van der Waals surface area contributed by atoms with Crippen LogP contribution < -0.4 is 0 Å². The Morgan fingerprint density at radius 1 is 1.23 bits per heavy atom. The zero-order chi connectivity index (χ0) is 9.27. The first kappa shape index (κ1) is 13.2. The van der Waals surface area contributed by atoms with Crippen molar-refractivity contribution in [2.45, 2.75) is 5.75 Å². The van der Waals surface area contributed by atoms with Crippen molar-refractivity contribution in [2.24, 2.45) is 0 Å². The second-order valence-electron chi connectivity index (χ2n) is 2.49.